The molecule has 0 saturated carbocycles. The first-order valence-corrected chi connectivity index (χ1v) is 14.0. The molecule has 38 heavy (non-hydrogen) atoms. The van der Waals surface area contributed by atoms with Crippen LogP contribution in [0.25, 0.3) is 10.2 Å². The maximum absolute atomic E-state index is 12.9. The summed E-state index contributed by atoms with van der Waals surface area (Å²) in [6.07, 6.45) is 0.802. The fourth-order valence-corrected chi connectivity index (χ4v) is 5.35. The van der Waals surface area contributed by atoms with Crippen LogP contribution in [-0.4, -0.2) is 32.8 Å². The van der Waals surface area contributed by atoms with Crippen molar-refractivity contribution in [1.82, 2.24) is 0 Å². The number of benzene rings is 2. The first kappa shape index (κ1) is 29.6. The van der Waals surface area contributed by atoms with Crippen LogP contribution in [0.5, 0.6) is 5.75 Å². The smallest absolute Gasteiger partial charge is 0.409 e. The highest BCUT2D eigenvalue weighted by Gasteiger charge is 2.35. The minimum Gasteiger partial charge on any atom is -0.497 e. The number of hydrogen-bond acceptors (Lipinski definition) is 7. The van der Waals surface area contributed by atoms with Crippen LogP contribution >= 0.6 is 11.3 Å². The third-order valence-electron chi connectivity index (χ3n) is 6.62. The molecule has 0 spiro atoms. The van der Waals surface area contributed by atoms with Crippen molar-refractivity contribution < 1.29 is 18.8 Å². The summed E-state index contributed by atoms with van der Waals surface area (Å²) in [5.41, 5.74) is 2.85. The number of carbonyl (C=O) groups excluding carboxylic acids is 1. The topological polar surface area (TPSA) is 67.4 Å². The molecule has 8 heteroatoms. The van der Waals surface area contributed by atoms with Gasteiger partial charge in [0, 0.05) is 18.3 Å². The largest absolute Gasteiger partial charge is 0.497 e. The number of esters is 1. The first-order valence-electron chi connectivity index (χ1n) is 13.2. The van der Waals surface area contributed by atoms with Crippen LogP contribution in [0.3, 0.4) is 0 Å². The van der Waals surface area contributed by atoms with E-state index in [4.69, 9.17) is 9.47 Å². The predicted octanol–water partition coefficient (Wildman–Crippen LogP) is 7.62. The molecule has 1 unspecified atom stereocenters. The number of carbonyl (C=O) groups is 1. The van der Waals surface area contributed by atoms with Gasteiger partial charge in [0.1, 0.15) is 23.6 Å². The Balaban J connectivity index is 1.62. The zero-order valence-electron chi connectivity index (χ0n) is 24.4. The molecule has 1 aromatic heterocycles. The fraction of sp³-hybridized carbons (Fsp3) is 0.533. The third kappa shape index (κ3) is 7.76. The molecular weight excluding hydrogens is 496 g/mol. The van der Waals surface area contributed by atoms with E-state index in [0.29, 0.717) is 13.2 Å². The van der Waals surface area contributed by atoms with E-state index in [-0.39, 0.29) is 22.7 Å². The molecule has 7 nitrogen and oxygen atoms in total. The number of thiazole rings is 1. The van der Waals surface area contributed by atoms with Crippen molar-refractivity contribution in [1.29, 1.82) is 0 Å². The van der Waals surface area contributed by atoms with E-state index < -0.39 is 0 Å². The SMILES string of the molecule is CCN(CCOC(=O)C(CC(C)(C)C)C(C)(C)C)c1ccc(N=Nc2sc3cc(OC)ccc3[n+]2C)cc1. The lowest BCUT2D eigenvalue weighted by Crippen LogP contribution is -2.35. The molecule has 0 radical (unpaired) electrons. The number of fused-ring (bicyclic) bond motifs is 1. The second kappa shape index (κ2) is 12.2. The highest BCUT2D eigenvalue weighted by molar-refractivity contribution is 7.21. The summed E-state index contributed by atoms with van der Waals surface area (Å²) in [6, 6.07) is 14.0. The van der Waals surface area contributed by atoms with Crippen molar-refractivity contribution in [3.63, 3.8) is 0 Å². The van der Waals surface area contributed by atoms with E-state index in [0.717, 1.165) is 45.4 Å². The Kier molecular flexibility index (Phi) is 9.52. The lowest BCUT2D eigenvalue weighted by molar-refractivity contribution is -0.627. The molecule has 0 N–H and O–H groups in total. The van der Waals surface area contributed by atoms with Crippen molar-refractivity contribution in [2.24, 2.45) is 34.0 Å². The quantitative estimate of drug-likeness (QED) is 0.151. The molecule has 2 aromatic carbocycles. The molecule has 1 atom stereocenters. The van der Waals surface area contributed by atoms with Crippen molar-refractivity contribution >= 4 is 44.0 Å². The van der Waals surface area contributed by atoms with Gasteiger partial charge in [-0.05, 0) is 77.0 Å². The minimum absolute atomic E-state index is 0.0629. The Morgan fingerprint density at radius 1 is 1.05 bits per heavy atom. The number of nitrogens with zero attached hydrogens (tertiary/aromatic N) is 4. The standard InChI is InChI=1S/C30H43N4O3S/c1-10-34(17-18-37-27(35)24(30(5,6)7)20-29(2,3)4)22-13-11-21(12-14-22)31-32-28-33(8)25-16-15-23(36-9)19-26(25)38-28/h11-16,19,24H,10,17-18,20H2,1-9H3/q+1. The Labute approximate surface area is 231 Å². The molecule has 0 aliphatic rings. The minimum atomic E-state index is -0.140. The average molecular weight is 540 g/mol. The zero-order valence-corrected chi connectivity index (χ0v) is 25.2. The van der Waals surface area contributed by atoms with Gasteiger partial charge in [0.15, 0.2) is 0 Å². The molecule has 0 saturated heterocycles. The summed E-state index contributed by atoms with van der Waals surface area (Å²) in [6.45, 7) is 16.7. The lowest BCUT2D eigenvalue weighted by atomic mass is 9.72. The maximum Gasteiger partial charge on any atom is 0.409 e. The number of aromatic nitrogens is 1. The van der Waals surface area contributed by atoms with Crippen LogP contribution in [0.1, 0.15) is 54.9 Å². The highest BCUT2D eigenvalue weighted by atomic mass is 32.1. The van der Waals surface area contributed by atoms with Crippen molar-refractivity contribution in [3.05, 3.63) is 42.5 Å². The van der Waals surface area contributed by atoms with Gasteiger partial charge >= 0.3 is 11.1 Å². The summed E-state index contributed by atoms with van der Waals surface area (Å²) in [4.78, 5) is 15.1. The number of likely N-dealkylation sites (N-methyl/N-ethyl adjacent to an activating group) is 1. The first-order chi connectivity index (χ1) is 17.8. The van der Waals surface area contributed by atoms with Crippen LogP contribution in [0.2, 0.25) is 0 Å². The summed E-state index contributed by atoms with van der Waals surface area (Å²) < 4.78 is 14.2. The van der Waals surface area contributed by atoms with E-state index in [1.54, 1.807) is 18.4 Å². The van der Waals surface area contributed by atoms with Gasteiger partial charge in [-0.15, -0.1) is 0 Å². The number of ether oxygens (including phenoxy) is 2. The number of azo groups is 1. The van der Waals surface area contributed by atoms with Crippen molar-refractivity contribution in [3.8, 4) is 5.75 Å². The highest BCUT2D eigenvalue weighted by Crippen LogP contribution is 2.37. The summed E-state index contributed by atoms with van der Waals surface area (Å²) in [5, 5.41) is 9.76. The molecule has 0 aliphatic heterocycles. The molecule has 0 aliphatic carbocycles. The normalized spacial score (nSPS) is 13.2. The average Bonchev–Trinajstić information content (AvgIpc) is 3.17. The van der Waals surface area contributed by atoms with E-state index in [1.807, 2.05) is 54.1 Å². The van der Waals surface area contributed by atoms with Gasteiger partial charge < -0.3 is 14.4 Å². The second-order valence-corrected chi connectivity index (χ2v) is 12.9. The predicted molar refractivity (Wildman–Crippen MR) is 156 cm³/mol. The van der Waals surface area contributed by atoms with Crippen LogP contribution in [0.15, 0.2) is 52.7 Å². The van der Waals surface area contributed by atoms with Gasteiger partial charge in [0.2, 0.25) is 0 Å². The van der Waals surface area contributed by atoms with E-state index in [9.17, 15) is 4.79 Å². The molecule has 0 bridgehead atoms. The number of hydrogen-bond donors (Lipinski definition) is 0. The van der Waals surface area contributed by atoms with Gasteiger partial charge in [0.25, 0.3) is 0 Å². The van der Waals surface area contributed by atoms with E-state index in [2.05, 4.69) is 63.6 Å². The zero-order chi connectivity index (χ0) is 28.1. The lowest BCUT2D eigenvalue weighted by Gasteiger charge is -2.34. The number of methoxy groups -OCH3 is 1. The van der Waals surface area contributed by atoms with Gasteiger partial charge in [0.05, 0.1) is 36.4 Å². The van der Waals surface area contributed by atoms with E-state index in [1.165, 1.54) is 0 Å². The maximum atomic E-state index is 12.9. The van der Waals surface area contributed by atoms with Gasteiger partial charge in [-0.3, -0.25) is 4.79 Å². The van der Waals surface area contributed by atoms with Crippen LogP contribution in [0.4, 0.5) is 16.5 Å². The molecule has 3 rings (SSSR count). The second-order valence-electron chi connectivity index (χ2n) is 11.9. The third-order valence-corrected chi connectivity index (χ3v) is 7.70. The van der Waals surface area contributed by atoms with Gasteiger partial charge in [-0.1, -0.05) is 41.5 Å². The summed E-state index contributed by atoms with van der Waals surface area (Å²) >= 11 is 1.57. The molecule has 0 amide bonds. The van der Waals surface area contributed by atoms with E-state index >= 15 is 0 Å². The van der Waals surface area contributed by atoms with Gasteiger partial charge in [-0.25, -0.2) is 4.57 Å². The number of aryl methyl sites for hydroxylation is 1. The Morgan fingerprint density at radius 2 is 1.74 bits per heavy atom. The van der Waals surface area contributed by atoms with Crippen molar-refractivity contribution in [2.45, 2.75) is 54.9 Å². The summed E-state index contributed by atoms with van der Waals surface area (Å²) in [7, 11) is 3.66. The van der Waals surface area contributed by atoms with Crippen LogP contribution in [0, 0.1) is 16.7 Å². The van der Waals surface area contributed by atoms with Crippen LogP contribution < -0.4 is 14.2 Å². The monoisotopic (exact) mass is 539 g/mol. The summed E-state index contributed by atoms with van der Waals surface area (Å²) in [5.74, 6) is 0.590. The number of anilines is 1. The molecule has 1 heterocycles. The Morgan fingerprint density at radius 3 is 2.32 bits per heavy atom. The Hall–Kier alpha value is -3.00. The fourth-order valence-electron chi connectivity index (χ4n) is 4.35. The van der Waals surface area contributed by atoms with Crippen LogP contribution in [-0.2, 0) is 16.6 Å². The molecular formula is C30H43N4O3S+. The molecule has 206 valence electrons. The Bertz CT molecular complexity index is 1250. The molecule has 0 fully saturated rings. The molecule has 3 aromatic rings. The number of rotatable bonds is 10. The van der Waals surface area contributed by atoms with Crippen molar-refractivity contribution in [2.75, 3.05) is 31.7 Å². The van der Waals surface area contributed by atoms with Gasteiger partial charge in [-0.2, -0.15) is 0 Å².